The third-order valence-electron chi connectivity index (χ3n) is 3.82. The zero-order chi connectivity index (χ0) is 15.4. The van der Waals surface area contributed by atoms with E-state index in [4.69, 9.17) is 22.1 Å². The van der Waals surface area contributed by atoms with E-state index >= 15 is 0 Å². The second kappa shape index (κ2) is 6.92. The van der Waals surface area contributed by atoms with Gasteiger partial charge in [-0.1, -0.05) is 23.7 Å². The number of hydrogen-bond donors (Lipinski definition) is 1. The number of nitrogens with two attached hydrogens (primary N) is 1. The molecule has 0 spiro atoms. The molecule has 1 aromatic carbocycles. The minimum Gasteiger partial charge on any atom is -0.496 e. The van der Waals surface area contributed by atoms with Gasteiger partial charge in [-0.2, -0.15) is 0 Å². The first-order chi connectivity index (χ1) is 10.1. The lowest BCUT2D eigenvalue weighted by Crippen LogP contribution is -2.16. The molecule has 3 nitrogen and oxygen atoms in total. The van der Waals surface area contributed by atoms with Crippen molar-refractivity contribution in [3.63, 3.8) is 0 Å². The van der Waals surface area contributed by atoms with E-state index < -0.39 is 0 Å². The number of ether oxygens (including phenoxy) is 1. The maximum Gasteiger partial charge on any atom is 0.128 e. The molecule has 0 saturated heterocycles. The Morgan fingerprint density at radius 1 is 1.24 bits per heavy atom. The van der Waals surface area contributed by atoms with Crippen molar-refractivity contribution in [3.8, 4) is 5.75 Å². The summed E-state index contributed by atoms with van der Waals surface area (Å²) in [5.41, 5.74) is 10.3. The van der Waals surface area contributed by atoms with Crippen LogP contribution in [0.15, 0.2) is 30.5 Å². The van der Waals surface area contributed by atoms with Gasteiger partial charge in [0.25, 0.3) is 0 Å². The zero-order valence-corrected chi connectivity index (χ0v) is 13.4. The molecule has 0 bridgehead atoms. The second-order valence-corrected chi connectivity index (χ2v) is 5.67. The normalized spacial score (nSPS) is 12.2. The highest BCUT2D eigenvalue weighted by molar-refractivity contribution is 6.30. The Balaban J connectivity index is 2.29. The van der Waals surface area contributed by atoms with Crippen molar-refractivity contribution in [1.29, 1.82) is 0 Å². The number of methoxy groups -OCH3 is 1. The Morgan fingerprint density at radius 2 is 1.90 bits per heavy atom. The maximum absolute atomic E-state index is 5.95. The van der Waals surface area contributed by atoms with Gasteiger partial charge in [0, 0.05) is 34.0 Å². The molecule has 4 heteroatoms. The third kappa shape index (κ3) is 3.55. The van der Waals surface area contributed by atoms with Gasteiger partial charge in [0.1, 0.15) is 5.75 Å². The minimum atomic E-state index is 0.223. The molecule has 0 radical (unpaired) electrons. The summed E-state index contributed by atoms with van der Waals surface area (Å²) in [6, 6.07) is 7.85. The number of nitrogens with zero attached hydrogens (tertiary/aromatic N) is 1. The van der Waals surface area contributed by atoms with Crippen LogP contribution < -0.4 is 10.5 Å². The number of rotatable bonds is 5. The molecule has 2 N–H and O–H groups in total. The van der Waals surface area contributed by atoms with Crippen LogP contribution in [-0.2, 0) is 6.42 Å². The van der Waals surface area contributed by atoms with Gasteiger partial charge in [-0.05, 0) is 44.5 Å². The van der Waals surface area contributed by atoms with Crippen LogP contribution in [0.4, 0.5) is 0 Å². The van der Waals surface area contributed by atoms with Crippen LogP contribution in [0.3, 0.4) is 0 Å². The van der Waals surface area contributed by atoms with Crippen LogP contribution >= 0.6 is 11.6 Å². The molecule has 21 heavy (non-hydrogen) atoms. The first kappa shape index (κ1) is 15.8. The fourth-order valence-corrected chi connectivity index (χ4v) is 2.71. The summed E-state index contributed by atoms with van der Waals surface area (Å²) in [7, 11) is 1.69. The molecule has 1 unspecified atom stereocenters. The number of hydrogen-bond acceptors (Lipinski definition) is 3. The number of halogens is 1. The fourth-order valence-electron chi connectivity index (χ4n) is 2.58. The summed E-state index contributed by atoms with van der Waals surface area (Å²) < 4.78 is 5.46. The Hall–Kier alpha value is -1.58. The molecule has 0 aliphatic rings. The molecule has 1 atom stereocenters. The Bertz CT molecular complexity index is 611. The predicted octanol–water partition coefficient (Wildman–Crippen LogP) is 3.65. The standard InChI is InChI=1S/C17H21ClN2O/c1-11-10-20-16(12(2)17(11)21-3)8-14(9-19)13-4-6-15(18)7-5-13/h4-7,10,14H,8-9,19H2,1-3H3. The number of aryl methyl sites for hydroxylation is 1. The van der Waals surface area contributed by atoms with Crippen LogP contribution in [-0.4, -0.2) is 18.6 Å². The molecule has 0 aliphatic heterocycles. The van der Waals surface area contributed by atoms with Gasteiger partial charge in [-0.25, -0.2) is 0 Å². The van der Waals surface area contributed by atoms with Gasteiger partial charge >= 0.3 is 0 Å². The maximum atomic E-state index is 5.95. The smallest absolute Gasteiger partial charge is 0.128 e. The monoisotopic (exact) mass is 304 g/mol. The van der Waals surface area contributed by atoms with Gasteiger partial charge in [0.2, 0.25) is 0 Å². The van der Waals surface area contributed by atoms with Crippen LogP contribution in [0.25, 0.3) is 0 Å². The highest BCUT2D eigenvalue weighted by Gasteiger charge is 2.16. The molecule has 0 amide bonds. The molecule has 112 valence electrons. The molecular weight excluding hydrogens is 284 g/mol. The second-order valence-electron chi connectivity index (χ2n) is 5.23. The van der Waals surface area contributed by atoms with Crippen molar-refractivity contribution in [2.24, 2.45) is 5.73 Å². The van der Waals surface area contributed by atoms with Crippen molar-refractivity contribution in [2.45, 2.75) is 26.2 Å². The van der Waals surface area contributed by atoms with Crippen LogP contribution in [0, 0.1) is 13.8 Å². The molecule has 0 aliphatic carbocycles. The summed E-state index contributed by atoms with van der Waals surface area (Å²) in [5.74, 6) is 1.13. The third-order valence-corrected chi connectivity index (χ3v) is 4.07. The Labute approximate surface area is 131 Å². The van der Waals surface area contributed by atoms with Gasteiger partial charge in [0.15, 0.2) is 0 Å². The summed E-state index contributed by atoms with van der Waals surface area (Å²) in [4.78, 5) is 4.56. The van der Waals surface area contributed by atoms with Gasteiger partial charge in [-0.15, -0.1) is 0 Å². The summed E-state index contributed by atoms with van der Waals surface area (Å²) in [5, 5.41) is 0.737. The Kier molecular flexibility index (Phi) is 5.21. The predicted molar refractivity (Wildman–Crippen MR) is 87.2 cm³/mol. The number of aromatic nitrogens is 1. The van der Waals surface area contributed by atoms with Gasteiger partial charge < -0.3 is 10.5 Å². The molecule has 0 fully saturated rings. The van der Waals surface area contributed by atoms with Crippen molar-refractivity contribution in [1.82, 2.24) is 4.98 Å². The molecule has 2 rings (SSSR count). The fraction of sp³-hybridized carbons (Fsp3) is 0.353. The van der Waals surface area contributed by atoms with Crippen LogP contribution in [0.2, 0.25) is 5.02 Å². The molecular formula is C17H21ClN2O. The van der Waals surface area contributed by atoms with E-state index in [2.05, 4.69) is 4.98 Å². The number of pyridine rings is 1. The minimum absolute atomic E-state index is 0.223. The summed E-state index contributed by atoms with van der Waals surface area (Å²) in [6.45, 7) is 4.62. The van der Waals surface area contributed by atoms with E-state index in [9.17, 15) is 0 Å². The van der Waals surface area contributed by atoms with Crippen molar-refractivity contribution >= 4 is 11.6 Å². The summed E-state index contributed by atoms with van der Waals surface area (Å²) >= 11 is 5.94. The molecule has 1 aromatic heterocycles. The number of benzene rings is 1. The SMILES string of the molecule is COc1c(C)cnc(CC(CN)c2ccc(Cl)cc2)c1C. The highest BCUT2D eigenvalue weighted by Crippen LogP contribution is 2.28. The largest absolute Gasteiger partial charge is 0.496 e. The molecule has 2 aromatic rings. The zero-order valence-electron chi connectivity index (χ0n) is 12.7. The van der Waals surface area contributed by atoms with Gasteiger partial charge in [-0.3, -0.25) is 4.98 Å². The van der Waals surface area contributed by atoms with Crippen molar-refractivity contribution < 1.29 is 4.74 Å². The van der Waals surface area contributed by atoms with E-state index in [1.54, 1.807) is 7.11 Å². The van der Waals surface area contributed by atoms with E-state index in [0.717, 1.165) is 34.0 Å². The first-order valence-corrected chi connectivity index (χ1v) is 7.39. The average molecular weight is 305 g/mol. The van der Waals surface area contributed by atoms with Crippen molar-refractivity contribution in [2.75, 3.05) is 13.7 Å². The topological polar surface area (TPSA) is 48.1 Å². The van der Waals surface area contributed by atoms with Crippen molar-refractivity contribution in [3.05, 3.63) is 57.9 Å². The van der Waals surface area contributed by atoms with Crippen LogP contribution in [0.1, 0.15) is 28.3 Å². The lowest BCUT2D eigenvalue weighted by atomic mass is 9.92. The van der Waals surface area contributed by atoms with E-state index in [1.807, 2.05) is 44.3 Å². The van der Waals surface area contributed by atoms with E-state index in [1.165, 1.54) is 5.56 Å². The molecule has 0 saturated carbocycles. The molecule has 1 heterocycles. The average Bonchev–Trinajstić information content (AvgIpc) is 2.48. The van der Waals surface area contributed by atoms with Gasteiger partial charge in [0.05, 0.1) is 7.11 Å². The lowest BCUT2D eigenvalue weighted by Gasteiger charge is -2.18. The van der Waals surface area contributed by atoms with E-state index in [-0.39, 0.29) is 5.92 Å². The quantitative estimate of drug-likeness (QED) is 0.917. The lowest BCUT2D eigenvalue weighted by molar-refractivity contribution is 0.406. The van der Waals surface area contributed by atoms with E-state index in [0.29, 0.717) is 6.54 Å². The first-order valence-electron chi connectivity index (χ1n) is 7.01. The highest BCUT2D eigenvalue weighted by atomic mass is 35.5. The summed E-state index contributed by atoms with van der Waals surface area (Å²) in [6.07, 6.45) is 2.65. The Morgan fingerprint density at radius 3 is 2.48 bits per heavy atom. The van der Waals surface area contributed by atoms with Crippen LogP contribution in [0.5, 0.6) is 5.75 Å².